The van der Waals surface area contributed by atoms with E-state index in [1.54, 1.807) is 17.3 Å². The van der Waals surface area contributed by atoms with E-state index in [9.17, 15) is 5.11 Å². The Labute approximate surface area is 216 Å². The number of hydrazine groups is 1. The Hall–Kier alpha value is -5.09. The van der Waals surface area contributed by atoms with Crippen molar-refractivity contribution in [2.75, 3.05) is 5.12 Å². The number of anilines is 1. The van der Waals surface area contributed by atoms with E-state index in [-0.39, 0.29) is 5.75 Å². The number of hydrogen-bond acceptors (Lipinski definition) is 4. The molecule has 0 radical (unpaired) electrons. The molecule has 2 N–H and O–H groups in total. The molecule has 4 nitrogen and oxygen atoms in total. The maximum absolute atomic E-state index is 10.5. The van der Waals surface area contributed by atoms with E-state index in [4.69, 9.17) is 5.10 Å². The van der Waals surface area contributed by atoms with Crippen molar-refractivity contribution in [1.29, 1.82) is 0 Å². The number of hydrogen-bond donors (Lipinski definition) is 2. The van der Waals surface area contributed by atoms with E-state index in [1.807, 2.05) is 54.6 Å². The van der Waals surface area contributed by atoms with Crippen LogP contribution < -0.4 is 10.5 Å². The van der Waals surface area contributed by atoms with Crippen LogP contribution in [0.3, 0.4) is 0 Å². The predicted octanol–water partition coefficient (Wildman–Crippen LogP) is 7.50. The molecule has 1 aliphatic heterocycles. The molecule has 0 atom stereocenters. The van der Waals surface area contributed by atoms with Crippen LogP contribution in [0, 0.1) is 0 Å². The zero-order valence-electron chi connectivity index (χ0n) is 20.1. The van der Waals surface area contributed by atoms with Crippen LogP contribution in [0.1, 0.15) is 11.1 Å². The number of aromatic hydroxyl groups is 1. The van der Waals surface area contributed by atoms with Gasteiger partial charge in [-0.2, -0.15) is 10.2 Å². The van der Waals surface area contributed by atoms with Gasteiger partial charge in [0.1, 0.15) is 11.4 Å². The average molecular weight is 480 g/mol. The van der Waals surface area contributed by atoms with E-state index in [2.05, 4.69) is 78.2 Å². The topological polar surface area (TPSA) is 47.9 Å². The lowest BCUT2D eigenvalue weighted by Crippen LogP contribution is -2.36. The Morgan fingerprint density at radius 3 is 1.51 bits per heavy atom. The Kier molecular flexibility index (Phi) is 5.97. The van der Waals surface area contributed by atoms with E-state index in [1.165, 1.54) is 11.1 Å². The molecule has 0 fully saturated rings. The molecular formula is C33H25N3O. The van der Waals surface area contributed by atoms with Crippen molar-refractivity contribution in [3.05, 3.63) is 151 Å². The van der Waals surface area contributed by atoms with E-state index >= 15 is 0 Å². The van der Waals surface area contributed by atoms with E-state index in [0.717, 1.165) is 33.7 Å². The highest BCUT2D eigenvalue weighted by Gasteiger charge is 2.19. The van der Waals surface area contributed by atoms with Gasteiger partial charge in [0.2, 0.25) is 0 Å². The largest absolute Gasteiger partial charge is 0.506 e. The fourth-order valence-electron chi connectivity index (χ4n) is 4.43. The van der Waals surface area contributed by atoms with Crippen LogP contribution in [-0.4, -0.2) is 10.8 Å². The van der Waals surface area contributed by atoms with Crippen molar-refractivity contribution in [1.82, 2.24) is 5.43 Å². The highest BCUT2D eigenvalue weighted by Crippen LogP contribution is 2.30. The minimum absolute atomic E-state index is 0.151. The summed E-state index contributed by atoms with van der Waals surface area (Å²) in [6.07, 6.45) is 2.05. The van der Waals surface area contributed by atoms with E-state index < -0.39 is 0 Å². The summed E-state index contributed by atoms with van der Waals surface area (Å²) in [4.78, 5) is 0. The van der Waals surface area contributed by atoms with Crippen LogP contribution in [0.15, 0.2) is 145 Å². The summed E-state index contributed by atoms with van der Waals surface area (Å²) >= 11 is 0. The second-order valence-corrected chi connectivity index (χ2v) is 8.84. The number of hydrazone groups is 1. The smallest absolute Gasteiger partial charge is 0.143 e. The number of benzene rings is 5. The molecular weight excluding hydrogens is 454 g/mol. The van der Waals surface area contributed by atoms with Gasteiger partial charge >= 0.3 is 0 Å². The van der Waals surface area contributed by atoms with Gasteiger partial charge in [0.15, 0.2) is 0 Å². The molecule has 0 bridgehead atoms. The first-order valence-corrected chi connectivity index (χ1v) is 12.2. The van der Waals surface area contributed by atoms with Crippen LogP contribution in [0.2, 0.25) is 0 Å². The average Bonchev–Trinajstić information content (AvgIpc) is 2.98. The molecule has 0 amide bonds. The summed E-state index contributed by atoms with van der Waals surface area (Å²) in [6, 6.07) is 44.7. The summed E-state index contributed by atoms with van der Waals surface area (Å²) in [5.41, 5.74) is 12.3. The first-order valence-electron chi connectivity index (χ1n) is 12.2. The zero-order valence-corrected chi connectivity index (χ0v) is 20.1. The molecule has 1 aliphatic rings. The van der Waals surface area contributed by atoms with Crippen molar-refractivity contribution in [3.8, 4) is 28.0 Å². The maximum Gasteiger partial charge on any atom is 0.143 e. The number of phenols is 1. The van der Waals surface area contributed by atoms with Crippen LogP contribution in [0.5, 0.6) is 5.75 Å². The number of allylic oxidation sites excluding steroid dienone is 1. The van der Waals surface area contributed by atoms with Crippen molar-refractivity contribution in [2.24, 2.45) is 5.10 Å². The van der Waals surface area contributed by atoms with Gasteiger partial charge in [-0.05, 0) is 46.0 Å². The molecule has 178 valence electrons. The third-order valence-electron chi connectivity index (χ3n) is 6.42. The molecule has 0 saturated heterocycles. The van der Waals surface area contributed by atoms with Crippen LogP contribution in [-0.2, 0) is 0 Å². The van der Waals surface area contributed by atoms with Gasteiger partial charge in [-0.1, -0.05) is 121 Å². The normalized spacial score (nSPS) is 12.9. The Morgan fingerprint density at radius 2 is 0.946 bits per heavy atom. The molecule has 1 heterocycles. The summed E-state index contributed by atoms with van der Waals surface area (Å²) in [5, 5.41) is 17.0. The second-order valence-electron chi connectivity index (χ2n) is 8.84. The molecule has 0 unspecified atom stereocenters. The number of rotatable bonds is 5. The van der Waals surface area contributed by atoms with Gasteiger partial charge in [-0.3, -0.25) is 5.43 Å². The summed E-state index contributed by atoms with van der Waals surface area (Å²) in [5.74, 6) is 0.151. The van der Waals surface area contributed by atoms with Crippen molar-refractivity contribution >= 4 is 17.1 Å². The molecule has 5 aromatic carbocycles. The minimum Gasteiger partial charge on any atom is -0.506 e. The Bertz CT molecular complexity index is 1570. The monoisotopic (exact) mass is 479 g/mol. The minimum atomic E-state index is 0.151. The fourth-order valence-corrected chi connectivity index (χ4v) is 4.43. The Balaban J connectivity index is 1.37. The van der Waals surface area contributed by atoms with Gasteiger partial charge in [-0.25, -0.2) is 0 Å². The fraction of sp³-hybridized carbons (Fsp3) is 0. The maximum atomic E-state index is 10.5. The highest BCUT2D eigenvalue weighted by molar-refractivity contribution is 6.13. The van der Waals surface area contributed by atoms with Crippen LogP contribution in [0.4, 0.5) is 5.69 Å². The number of phenolic OH excluding ortho intramolecular Hbond substituents is 1. The van der Waals surface area contributed by atoms with Crippen molar-refractivity contribution in [2.45, 2.75) is 0 Å². The Morgan fingerprint density at radius 1 is 0.486 bits per heavy atom. The molecule has 5 aromatic rings. The van der Waals surface area contributed by atoms with E-state index in [0.29, 0.717) is 5.69 Å². The number of nitrogens with zero attached hydrogens (tertiary/aromatic N) is 2. The summed E-state index contributed by atoms with van der Waals surface area (Å²) < 4.78 is 0. The lowest BCUT2D eigenvalue weighted by atomic mass is 10.00. The molecule has 0 aromatic heterocycles. The lowest BCUT2D eigenvalue weighted by Gasteiger charge is -2.28. The van der Waals surface area contributed by atoms with Crippen molar-refractivity contribution in [3.63, 3.8) is 0 Å². The molecule has 0 aliphatic carbocycles. The van der Waals surface area contributed by atoms with Gasteiger partial charge in [0.05, 0.1) is 11.4 Å². The SMILES string of the molecule is Oc1ccccc1N1N=C(c2ccc(-c3ccccc3)cc2)C=C(c2ccc(-c3ccccc3)cc2)N1. The summed E-state index contributed by atoms with van der Waals surface area (Å²) in [7, 11) is 0. The summed E-state index contributed by atoms with van der Waals surface area (Å²) in [6.45, 7) is 0. The lowest BCUT2D eigenvalue weighted by molar-refractivity contribution is 0.473. The number of nitrogens with one attached hydrogen (secondary N) is 1. The molecule has 4 heteroatoms. The quantitative estimate of drug-likeness (QED) is 0.274. The van der Waals surface area contributed by atoms with Crippen LogP contribution >= 0.6 is 0 Å². The molecule has 37 heavy (non-hydrogen) atoms. The predicted molar refractivity (Wildman–Crippen MR) is 152 cm³/mol. The first kappa shape index (κ1) is 22.4. The molecule has 6 rings (SSSR count). The van der Waals surface area contributed by atoms with Gasteiger partial charge in [0, 0.05) is 5.56 Å². The van der Waals surface area contributed by atoms with Gasteiger partial charge < -0.3 is 5.11 Å². The third kappa shape index (κ3) is 4.73. The first-order chi connectivity index (χ1) is 18.2. The van der Waals surface area contributed by atoms with Gasteiger partial charge in [0.25, 0.3) is 0 Å². The standard InChI is InChI=1S/C33H25N3O/c37-33-14-8-7-13-32(33)36-34-30(28-19-15-26(16-20-28)24-9-3-1-4-10-24)23-31(35-36)29-21-17-27(18-22-29)25-11-5-2-6-12-25/h1-23,34,37H. The molecule has 0 spiro atoms. The van der Waals surface area contributed by atoms with Gasteiger partial charge in [-0.15, -0.1) is 0 Å². The number of para-hydroxylation sites is 2. The third-order valence-corrected chi connectivity index (χ3v) is 6.42. The van der Waals surface area contributed by atoms with Crippen molar-refractivity contribution < 1.29 is 5.11 Å². The zero-order chi connectivity index (χ0) is 25.0. The second kappa shape index (κ2) is 9.88. The molecule has 0 saturated carbocycles. The highest BCUT2D eigenvalue weighted by atomic mass is 16.3. The van der Waals surface area contributed by atoms with Crippen LogP contribution in [0.25, 0.3) is 28.0 Å².